The van der Waals surface area contributed by atoms with Gasteiger partial charge >= 0.3 is 0 Å². The second-order valence-corrected chi connectivity index (χ2v) is 8.87. The zero-order chi connectivity index (χ0) is 17.8. The van der Waals surface area contributed by atoms with E-state index in [2.05, 4.69) is 5.32 Å². The molecule has 1 aliphatic rings. The summed E-state index contributed by atoms with van der Waals surface area (Å²) in [6.07, 6.45) is 0.872. The molecule has 0 bridgehead atoms. The predicted molar refractivity (Wildman–Crippen MR) is 93.3 cm³/mol. The Morgan fingerprint density at radius 1 is 1.21 bits per heavy atom. The first-order valence-corrected chi connectivity index (χ1v) is 9.88. The summed E-state index contributed by atoms with van der Waals surface area (Å²) in [7, 11) is -3.43. The van der Waals surface area contributed by atoms with E-state index in [-0.39, 0.29) is 11.4 Å². The number of quaternary nitrogens is 1. The molecule has 0 aliphatic carbocycles. The lowest BCUT2D eigenvalue weighted by atomic mass is 10.0. The van der Waals surface area contributed by atoms with E-state index >= 15 is 0 Å². The second kappa shape index (κ2) is 7.63. The first-order valence-electron chi connectivity index (χ1n) is 8.44. The van der Waals surface area contributed by atoms with Crippen molar-refractivity contribution in [3.8, 4) is 0 Å². The SMILES string of the molecule is CCC(C)(C)NC(=O)C[NH+]1CCN(S(=O)(=O)c2ccccc2)CC1. The Morgan fingerprint density at radius 2 is 1.79 bits per heavy atom. The molecular weight excluding hydrogens is 326 g/mol. The van der Waals surface area contributed by atoms with Crippen LogP contribution in [0.2, 0.25) is 0 Å². The lowest BCUT2D eigenvalue weighted by molar-refractivity contribution is -0.895. The molecule has 1 heterocycles. The number of carbonyl (C=O) groups excluding carboxylic acids is 1. The zero-order valence-electron chi connectivity index (χ0n) is 14.7. The molecule has 1 aromatic rings. The average Bonchev–Trinajstić information content (AvgIpc) is 2.55. The maximum absolute atomic E-state index is 12.6. The maximum Gasteiger partial charge on any atom is 0.275 e. The van der Waals surface area contributed by atoms with Crippen molar-refractivity contribution < 1.29 is 18.1 Å². The van der Waals surface area contributed by atoms with Crippen LogP contribution in [0.1, 0.15) is 27.2 Å². The van der Waals surface area contributed by atoms with E-state index in [0.29, 0.717) is 37.6 Å². The van der Waals surface area contributed by atoms with Gasteiger partial charge in [-0.25, -0.2) is 8.42 Å². The fourth-order valence-corrected chi connectivity index (χ4v) is 4.16. The molecule has 0 saturated carbocycles. The molecule has 0 spiro atoms. The van der Waals surface area contributed by atoms with Crippen LogP contribution in [0.5, 0.6) is 0 Å². The van der Waals surface area contributed by atoms with Gasteiger partial charge in [-0.05, 0) is 32.4 Å². The van der Waals surface area contributed by atoms with Crippen molar-refractivity contribution >= 4 is 15.9 Å². The molecule has 0 aromatic heterocycles. The van der Waals surface area contributed by atoms with Crippen molar-refractivity contribution in [1.82, 2.24) is 9.62 Å². The van der Waals surface area contributed by atoms with Crippen LogP contribution in [0.3, 0.4) is 0 Å². The van der Waals surface area contributed by atoms with Crippen LogP contribution >= 0.6 is 0 Å². The van der Waals surface area contributed by atoms with Crippen molar-refractivity contribution in [2.75, 3.05) is 32.7 Å². The number of hydrogen-bond acceptors (Lipinski definition) is 3. The van der Waals surface area contributed by atoms with E-state index < -0.39 is 10.0 Å². The molecule has 6 nitrogen and oxygen atoms in total. The smallest absolute Gasteiger partial charge is 0.275 e. The molecule has 2 rings (SSSR count). The summed E-state index contributed by atoms with van der Waals surface area (Å²) >= 11 is 0. The van der Waals surface area contributed by atoms with Gasteiger partial charge in [0.1, 0.15) is 0 Å². The summed E-state index contributed by atoms with van der Waals surface area (Å²) in [4.78, 5) is 13.6. The summed E-state index contributed by atoms with van der Waals surface area (Å²) in [5, 5.41) is 3.03. The van der Waals surface area contributed by atoms with E-state index in [1.807, 2.05) is 20.8 Å². The minimum Gasteiger partial charge on any atom is -0.346 e. The molecule has 1 saturated heterocycles. The van der Waals surface area contributed by atoms with Gasteiger partial charge in [0.2, 0.25) is 10.0 Å². The molecule has 1 fully saturated rings. The number of benzene rings is 1. The van der Waals surface area contributed by atoms with Crippen molar-refractivity contribution in [1.29, 1.82) is 0 Å². The summed E-state index contributed by atoms with van der Waals surface area (Å²) in [6, 6.07) is 8.50. The standard InChI is InChI=1S/C17H27N3O3S/c1-4-17(2,3)18-16(21)14-19-10-12-20(13-11-19)24(22,23)15-8-6-5-7-9-15/h5-9H,4,10-14H2,1-3H3,(H,18,21)/p+1. The molecule has 2 N–H and O–H groups in total. The molecule has 24 heavy (non-hydrogen) atoms. The Bertz CT molecular complexity index is 651. The van der Waals surface area contributed by atoms with E-state index in [1.165, 1.54) is 4.31 Å². The molecular formula is C17H28N3O3S+. The van der Waals surface area contributed by atoms with Crippen molar-refractivity contribution in [3.63, 3.8) is 0 Å². The Morgan fingerprint density at radius 3 is 2.33 bits per heavy atom. The molecule has 1 amide bonds. The molecule has 0 atom stereocenters. The summed E-state index contributed by atoms with van der Waals surface area (Å²) in [6.45, 7) is 8.62. The summed E-state index contributed by atoms with van der Waals surface area (Å²) < 4.78 is 26.7. The van der Waals surface area contributed by atoms with E-state index in [1.54, 1.807) is 30.3 Å². The maximum atomic E-state index is 12.6. The van der Waals surface area contributed by atoms with Gasteiger partial charge < -0.3 is 10.2 Å². The fraction of sp³-hybridized carbons (Fsp3) is 0.588. The summed E-state index contributed by atoms with van der Waals surface area (Å²) in [5.74, 6) is 0.0243. The van der Waals surface area contributed by atoms with E-state index in [9.17, 15) is 13.2 Å². The number of nitrogens with zero attached hydrogens (tertiary/aromatic N) is 1. The van der Waals surface area contributed by atoms with E-state index in [4.69, 9.17) is 0 Å². The number of piperazine rings is 1. The normalized spacial score (nSPS) is 17.6. The lowest BCUT2D eigenvalue weighted by Crippen LogP contribution is -3.16. The first-order chi connectivity index (χ1) is 11.2. The number of sulfonamides is 1. The van der Waals surface area contributed by atoms with Gasteiger partial charge in [-0.15, -0.1) is 0 Å². The third kappa shape index (κ3) is 4.78. The molecule has 7 heteroatoms. The molecule has 1 aliphatic heterocycles. The first kappa shape index (κ1) is 18.9. The monoisotopic (exact) mass is 354 g/mol. The third-order valence-electron chi connectivity index (χ3n) is 4.58. The highest BCUT2D eigenvalue weighted by Crippen LogP contribution is 2.14. The third-order valence-corrected chi connectivity index (χ3v) is 6.50. The molecule has 0 unspecified atom stereocenters. The average molecular weight is 354 g/mol. The lowest BCUT2D eigenvalue weighted by Gasteiger charge is -2.32. The predicted octanol–water partition coefficient (Wildman–Crippen LogP) is -0.119. The minimum atomic E-state index is -3.43. The van der Waals surface area contributed by atoms with Crippen LogP contribution in [0, 0.1) is 0 Å². The Balaban J connectivity index is 1.89. The van der Waals surface area contributed by atoms with Gasteiger partial charge in [0.05, 0.1) is 31.1 Å². The second-order valence-electron chi connectivity index (χ2n) is 6.93. The highest BCUT2D eigenvalue weighted by Gasteiger charge is 2.31. The van der Waals surface area contributed by atoms with Crippen LogP contribution in [0.25, 0.3) is 0 Å². The van der Waals surface area contributed by atoms with Crippen molar-refractivity contribution in [2.45, 2.75) is 37.6 Å². The largest absolute Gasteiger partial charge is 0.346 e. The highest BCUT2D eigenvalue weighted by molar-refractivity contribution is 7.89. The van der Waals surface area contributed by atoms with Gasteiger partial charge in [0, 0.05) is 5.54 Å². The molecule has 134 valence electrons. The number of rotatable bonds is 6. The van der Waals surface area contributed by atoms with Crippen LogP contribution in [-0.4, -0.2) is 56.9 Å². The topological polar surface area (TPSA) is 70.9 Å². The Hall–Kier alpha value is -1.44. The van der Waals surface area contributed by atoms with Crippen LogP contribution in [0.15, 0.2) is 35.2 Å². The summed E-state index contributed by atoms with van der Waals surface area (Å²) in [5.41, 5.74) is -0.199. The number of carbonyl (C=O) groups is 1. The number of amides is 1. The Kier molecular flexibility index (Phi) is 6.01. The van der Waals surface area contributed by atoms with Gasteiger partial charge in [-0.3, -0.25) is 4.79 Å². The fourth-order valence-electron chi connectivity index (χ4n) is 2.70. The van der Waals surface area contributed by atoms with Gasteiger partial charge in [0.25, 0.3) is 5.91 Å². The van der Waals surface area contributed by atoms with Crippen LogP contribution in [-0.2, 0) is 14.8 Å². The van der Waals surface area contributed by atoms with Crippen LogP contribution < -0.4 is 10.2 Å². The highest BCUT2D eigenvalue weighted by atomic mass is 32.2. The van der Waals surface area contributed by atoms with Crippen molar-refractivity contribution in [3.05, 3.63) is 30.3 Å². The number of hydrogen-bond donors (Lipinski definition) is 2. The van der Waals surface area contributed by atoms with Crippen LogP contribution in [0.4, 0.5) is 0 Å². The molecule has 1 aromatic carbocycles. The zero-order valence-corrected chi connectivity index (χ0v) is 15.5. The van der Waals surface area contributed by atoms with Gasteiger partial charge in [-0.2, -0.15) is 4.31 Å². The minimum absolute atomic E-state index is 0.0243. The van der Waals surface area contributed by atoms with E-state index in [0.717, 1.165) is 11.3 Å². The quantitative estimate of drug-likeness (QED) is 0.748. The molecule has 0 radical (unpaired) electrons. The van der Waals surface area contributed by atoms with Gasteiger partial charge in [0.15, 0.2) is 6.54 Å². The van der Waals surface area contributed by atoms with Crippen molar-refractivity contribution in [2.24, 2.45) is 0 Å². The van der Waals surface area contributed by atoms with Gasteiger partial charge in [-0.1, -0.05) is 25.1 Å². The number of nitrogens with one attached hydrogen (secondary N) is 2. The Labute approximate surface area is 144 Å².